The van der Waals surface area contributed by atoms with Crippen LogP contribution in [0.1, 0.15) is 24.5 Å². The van der Waals surface area contributed by atoms with Crippen LogP contribution in [-0.2, 0) is 4.79 Å². The van der Waals surface area contributed by atoms with Crippen molar-refractivity contribution in [1.29, 1.82) is 0 Å². The smallest absolute Gasteiger partial charge is 0.217 e. The minimum absolute atomic E-state index is 0.000161. The predicted molar refractivity (Wildman–Crippen MR) is 49.7 cm³/mol. The van der Waals surface area contributed by atoms with E-state index in [2.05, 4.69) is 0 Å². The normalized spacial score (nSPS) is 12.5. The van der Waals surface area contributed by atoms with Crippen LogP contribution in [0.2, 0.25) is 0 Å². The van der Waals surface area contributed by atoms with Gasteiger partial charge in [0.1, 0.15) is 0 Å². The highest BCUT2D eigenvalue weighted by Crippen LogP contribution is 2.20. The Kier molecular flexibility index (Phi) is 3.74. The molecule has 0 aliphatic carbocycles. The molecule has 0 aliphatic heterocycles. The topological polar surface area (TPSA) is 63.3 Å². The van der Waals surface area contributed by atoms with Gasteiger partial charge in [-0.1, -0.05) is 6.07 Å². The molecule has 1 rings (SSSR count). The van der Waals surface area contributed by atoms with Crippen molar-refractivity contribution in [1.82, 2.24) is 0 Å². The van der Waals surface area contributed by atoms with E-state index in [4.69, 9.17) is 5.73 Å². The van der Waals surface area contributed by atoms with Crippen LogP contribution in [0.15, 0.2) is 18.2 Å². The molecule has 1 amide bonds. The Morgan fingerprint density at radius 1 is 1.40 bits per heavy atom. The molecular weight excluding hydrogens is 204 g/mol. The molecule has 1 aromatic carbocycles. The minimum atomic E-state index is -1.02. The minimum Gasteiger partial charge on any atom is -0.388 e. The molecular formula is C10H11F2NO2. The van der Waals surface area contributed by atoms with Gasteiger partial charge in [-0.05, 0) is 24.1 Å². The number of amides is 1. The summed E-state index contributed by atoms with van der Waals surface area (Å²) in [5.74, 6) is -2.54. The van der Waals surface area contributed by atoms with E-state index in [9.17, 15) is 18.7 Å². The maximum Gasteiger partial charge on any atom is 0.217 e. The SMILES string of the molecule is NC(=O)CCC(O)c1ccc(F)c(F)c1. The molecule has 1 atom stereocenters. The predicted octanol–water partition coefficient (Wildman–Crippen LogP) is 1.26. The first-order valence-electron chi connectivity index (χ1n) is 4.42. The van der Waals surface area contributed by atoms with Crippen molar-refractivity contribution in [2.45, 2.75) is 18.9 Å². The molecule has 0 heterocycles. The zero-order valence-corrected chi connectivity index (χ0v) is 7.91. The summed E-state index contributed by atoms with van der Waals surface area (Å²) in [6, 6.07) is 3.10. The van der Waals surface area contributed by atoms with Gasteiger partial charge in [0.15, 0.2) is 11.6 Å². The second-order valence-corrected chi connectivity index (χ2v) is 3.19. The summed E-state index contributed by atoms with van der Waals surface area (Å²) in [6.07, 6.45) is -0.909. The summed E-state index contributed by atoms with van der Waals surface area (Å²) in [5, 5.41) is 9.49. The number of halogens is 2. The summed E-state index contributed by atoms with van der Waals surface area (Å²) in [6.45, 7) is 0. The Morgan fingerprint density at radius 2 is 2.07 bits per heavy atom. The lowest BCUT2D eigenvalue weighted by Gasteiger charge is -2.09. The van der Waals surface area contributed by atoms with Crippen molar-refractivity contribution >= 4 is 5.91 Å². The van der Waals surface area contributed by atoms with E-state index in [0.717, 1.165) is 12.1 Å². The fourth-order valence-electron chi connectivity index (χ4n) is 1.17. The van der Waals surface area contributed by atoms with E-state index in [1.54, 1.807) is 0 Å². The Bertz CT molecular complexity index is 368. The van der Waals surface area contributed by atoms with Crippen LogP contribution < -0.4 is 5.73 Å². The molecule has 3 N–H and O–H groups in total. The van der Waals surface area contributed by atoms with Crippen molar-refractivity contribution in [3.63, 3.8) is 0 Å². The molecule has 1 unspecified atom stereocenters. The third kappa shape index (κ3) is 3.28. The van der Waals surface area contributed by atoms with Crippen molar-refractivity contribution in [3.05, 3.63) is 35.4 Å². The fraction of sp³-hybridized carbons (Fsp3) is 0.300. The molecule has 0 saturated heterocycles. The first kappa shape index (κ1) is 11.6. The number of benzene rings is 1. The molecule has 0 saturated carbocycles. The van der Waals surface area contributed by atoms with Crippen LogP contribution in [-0.4, -0.2) is 11.0 Å². The lowest BCUT2D eigenvalue weighted by molar-refractivity contribution is -0.118. The van der Waals surface area contributed by atoms with E-state index in [-0.39, 0.29) is 18.4 Å². The lowest BCUT2D eigenvalue weighted by Crippen LogP contribution is -2.12. The number of aliphatic hydroxyl groups is 1. The number of rotatable bonds is 4. The van der Waals surface area contributed by atoms with Crippen molar-refractivity contribution < 1.29 is 18.7 Å². The van der Waals surface area contributed by atoms with Crippen LogP contribution in [0.3, 0.4) is 0 Å². The largest absolute Gasteiger partial charge is 0.388 e. The van der Waals surface area contributed by atoms with Crippen LogP contribution in [0, 0.1) is 11.6 Å². The highest BCUT2D eigenvalue weighted by atomic mass is 19.2. The molecule has 82 valence electrons. The van der Waals surface area contributed by atoms with Gasteiger partial charge in [0.25, 0.3) is 0 Å². The summed E-state index contributed by atoms with van der Waals surface area (Å²) >= 11 is 0. The Labute approximate surface area is 85.5 Å². The third-order valence-electron chi connectivity index (χ3n) is 1.99. The summed E-state index contributed by atoms with van der Waals surface area (Å²) in [4.78, 5) is 10.4. The van der Waals surface area contributed by atoms with Gasteiger partial charge in [-0.15, -0.1) is 0 Å². The third-order valence-corrected chi connectivity index (χ3v) is 1.99. The van der Waals surface area contributed by atoms with Gasteiger partial charge in [-0.2, -0.15) is 0 Å². The zero-order chi connectivity index (χ0) is 11.4. The molecule has 0 aliphatic rings. The van der Waals surface area contributed by atoms with Gasteiger partial charge >= 0.3 is 0 Å². The monoisotopic (exact) mass is 215 g/mol. The summed E-state index contributed by atoms with van der Waals surface area (Å²) in [5.41, 5.74) is 5.12. The first-order chi connectivity index (χ1) is 7.00. The standard InChI is InChI=1S/C10H11F2NO2/c11-7-2-1-6(5-8(7)12)9(14)3-4-10(13)15/h1-2,5,9,14H,3-4H2,(H2,13,15). The number of hydrogen-bond donors (Lipinski definition) is 2. The average molecular weight is 215 g/mol. The number of nitrogens with two attached hydrogens (primary N) is 1. The van der Waals surface area contributed by atoms with Crippen LogP contribution in [0.25, 0.3) is 0 Å². The molecule has 0 fully saturated rings. The van der Waals surface area contributed by atoms with Gasteiger partial charge in [-0.3, -0.25) is 4.79 Å². The maximum absolute atomic E-state index is 12.8. The van der Waals surface area contributed by atoms with Crippen LogP contribution >= 0.6 is 0 Å². The first-order valence-corrected chi connectivity index (χ1v) is 4.42. The number of hydrogen-bond acceptors (Lipinski definition) is 2. The summed E-state index contributed by atoms with van der Waals surface area (Å²) < 4.78 is 25.3. The van der Waals surface area contributed by atoms with E-state index in [1.807, 2.05) is 0 Å². The lowest BCUT2D eigenvalue weighted by atomic mass is 10.0. The maximum atomic E-state index is 12.8. The molecule has 0 spiro atoms. The number of primary amides is 1. The van der Waals surface area contributed by atoms with Gasteiger partial charge in [0.05, 0.1) is 6.10 Å². The van der Waals surface area contributed by atoms with Gasteiger partial charge in [0, 0.05) is 6.42 Å². The molecule has 0 aromatic heterocycles. The van der Waals surface area contributed by atoms with Gasteiger partial charge in [-0.25, -0.2) is 8.78 Å². The van der Waals surface area contributed by atoms with Gasteiger partial charge < -0.3 is 10.8 Å². The highest BCUT2D eigenvalue weighted by Gasteiger charge is 2.11. The number of carbonyl (C=O) groups excluding carboxylic acids is 1. The Hall–Kier alpha value is -1.49. The van der Waals surface area contributed by atoms with Gasteiger partial charge in [0.2, 0.25) is 5.91 Å². The molecule has 3 nitrogen and oxygen atoms in total. The van der Waals surface area contributed by atoms with Crippen molar-refractivity contribution in [2.24, 2.45) is 5.73 Å². The quantitative estimate of drug-likeness (QED) is 0.794. The van der Waals surface area contributed by atoms with E-state index < -0.39 is 23.6 Å². The van der Waals surface area contributed by atoms with Crippen molar-refractivity contribution in [3.8, 4) is 0 Å². The number of carbonyl (C=O) groups is 1. The number of aliphatic hydroxyl groups excluding tert-OH is 1. The molecule has 1 aromatic rings. The molecule has 0 radical (unpaired) electrons. The van der Waals surface area contributed by atoms with Crippen LogP contribution in [0.5, 0.6) is 0 Å². The van der Waals surface area contributed by atoms with Crippen LogP contribution in [0.4, 0.5) is 8.78 Å². The van der Waals surface area contributed by atoms with E-state index in [1.165, 1.54) is 6.07 Å². The Morgan fingerprint density at radius 3 is 2.60 bits per heavy atom. The second-order valence-electron chi connectivity index (χ2n) is 3.19. The zero-order valence-electron chi connectivity index (χ0n) is 7.91. The highest BCUT2D eigenvalue weighted by molar-refractivity contribution is 5.73. The molecule has 5 heteroatoms. The Balaban J connectivity index is 2.69. The molecule has 15 heavy (non-hydrogen) atoms. The van der Waals surface area contributed by atoms with E-state index >= 15 is 0 Å². The van der Waals surface area contributed by atoms with E-state index in [0.29, 0.717) is 0 Å². The summed E-state index contributed by atoms with van der Waals surface area (Å²) in [7, 11) is 0. The average Bonchev–Trinajstić information content (AvgIpc) is 2.18. The van der Waals surface area contributed by atoms with Crippen molar-refractivity contribution in [2.75, 3.05) is 0 Å². The molecule has 0 bridgehead atoms. The second kappa shape index (κ2) is 4.84. The fourth-order valence-corrected chi connectivity index (χ4v) is 1.17.